The van der Waals surface area contributed by atoms with Crippen LogP contribution in [0.3, 0.4) is 0 Å². The summed E-state index contributed by atoms with van der Waals surface area (Å²) in [6, 6.07) is 6.27. The topological polar surface area (TPSA) is 21.3 Å². The molecule has 0 aliphatic rings. The molecule has 16 heavy (non-hydrogen) atoms. The third-order valence-corrected chi connectivity index (χ3v) is 2.24. The number of halogens is 1. The summed E-state index contributed by atoms with van der Waals surface area (Å²) in [5, 5.41) is 3.33. The molecule has 0 saturated carbocycles. The average Bonchev–Trinajstić information content (AvgIpc) is 2.28. The molecule has 0 radical (unpaired) electrons. The minimum absolute atomic E-state index is 0.248. The van der Waals surface area contributed by atoms with Crippen molar-refractivity contribution in [3.8, 4) is 5.75 Å². The van der Waals surface area contributed by atoms with E-state index in [0.29, 0.717) is 12.4 Å². The fourth-order valence-corrected chi connectivity index (χ4v) is 1.40. The number of unbranched alkanes of at least 4 members (excludes halogenated alkanes) is 1. The van der Waals surface area contributed by atoms with Crippen LogP contribution in [-0.2, 0) is 0 Å². The molecular formula is C13H20FNO. The number of nitrogens with one attached hydrogen (secondary N) is 1. The largest absolute Gasteiger partial charge is 0.493 e. The van der Waals surface area contributed by atoms with Crippen molar-refractivity contribution in [2.24, 2.45) is 0 Å². The van der Waals surface area contributed by atoms with Crippen molar-refractivity contribution in [1.82, 2.24) is 5.32 Å². The van der Waals surface area contributed by atoms with E-state index >= 15 is 0 Å². The van der Waals surface area contributed by atoms with Gasteiger partial charge in [-0.3, -0.25) is 0 Å². The van der Waals surface area contributed by atoms with Gasteiger partial charge in [0, 0.05) is 6.07 Å². The maximum absolute atomic E-state index is 12.8. The van der Waals surface area contributed by atoms with Crippen molar-refractivity contribution in [2.45, 2.75) is 26.2 Å². The van der Waals surface area contributed by atoms with Gasteiger partial charge < -0.3 is 10.1 Å². The average molecular weight is 225 g/mol. The summed E-state index contributed by atoms with van der Waals surface area (Å²) in [7, 11) is 0. The Kier molecular flexibility index (Phi) is 6.58. The van der Waals surface area contributed by atoms with E-state index in [1.165, 1.54) is 18.6 Å². The lowest BCUT2D eigenvalue weighted by atomic mass is 10.3. The van der Waals surface area contributed by atoms with E-state index in [2.05, 4.69) is 12.2 Å². The zero-order valence-corrected chi connectivity index (χ0v) is 9.84. The molecule has 0 heterocycles. The summed E-state index contributed by atoms with van der Waals surface area (Å²) in [6.45, 7) is 4.91. The first-order chi connectivity index (χ1) is 7.83. The molecule has 0 saturated heterocycles. The first-order valence-electron chi connectivity index (χ1n) is 5.92. The number of rotatable bonds is 8. The van der Waals surface area contributed by atoms with Gasteiger partial charge in [0.25, 0.3) is 0 Å². The van der Waals surface area contributed by atoms with Crippen LogP contribution in [0.1, 0.15) is 26.2 Å². The highest BCUT2D eigenvalue weighted by Crippen LogP contribution is 2.12. The van der Waals surface area contributed by atoms with Crippen LogP contribution in [0.2, 0.25) is 0 Å². The van der Waals surface area contributed by atoms with Crippen molar-refractivity contribution in [3.05, 3.63) is 30.1 Å². The molecule has 0 aliphatic carbocycles. The number of ether oxygens (including phenoxy) is 1. The molecule has 1 aromatic carbocycles. The van der Waals surface area contributed by atoms with Crippen LogP contribution in [-0.4, -0.2) is 19.7 Å². The van der Waals surface area contributed by atoms with Crippen LogP contribution in [0, 0.1) is 5.82 Å². The maximum atomic E-state index is 12.8. The Labute approximate surface area is 96.8 Å². The second-order valence-corrected chi connectivity index (χ2v) is 3.76. The Balaban J connectivity index is 2.03. The summed E-state index contributed by atoms with van der Waals surface area (Å²) >= 11 is 0. The highest BCUT2D eigenvalue weighted by molar-refractivity contribution is 5.22. The summed E-state index contributed by atoms with van der Waals surface area (Å²) in [4.78, 5) is 0. The lowest BCUT2D eigenvalue weighted by molar-refractivity contribution is 0.304. The van der Waals surface area contributed by atoms with E-state index in [4.69, 9.17) is 4.74 Å². The predicted octanol–water partition coefficient (Wildman–Crippen LogP) is 2.98. The second kappa shape index (κ2) is 8.11. The quantitative estimate of drug-likeness (QED) is 0.687. The summed E-state index contributed by atoms with van der Waals surface area (Å²) < 4.78 is 18.2. The van der Waals surface area contributed by atoms with Crippen molar-refractivity contribution < 1.29 is 9.13 Å². The van der Waals surface area contributed by atoms with Crippen molar-refractivity contribution in [2.75, 3.05) is 19.7 Å². The number of benzene rings is 1. The molecule has 0 aliphatic heterocycles. The van der Waals surface area contributed by atoms with Crippen molar-refractivity contribution >= 4 is 0 Å². The Morgan fingerprint density at radius 2 is 2.12 bits per heavy atom. The third-order valence-electron chi connectivity index (χ3n) is 2.24. The number of hydrogen-bond acceptors (Lipinski definition) is 2. The zero-order valence-electron chi connectivity index (χ0n) is 9.84. The van der Waals surface area contributed by atoms with Crippen LogP contribution in [0.4, 0.5) is 4.39 Å². The first kappa shape index (κ1) is 13.0. The van der Waals surface area contributed by atoms with Gasteiger partial charge in [0.05, 0.1) is 6.61 Å². The van der Waals surface area contributed by atoms with Gasteiger partial charge in [0.1, 0.15) is 11.6 Å². The van der Waals surface area contributed by atoms with Gasteiger partial charge in [0.2, 0.25) is 0 Å². The van der Waals surface area contributed by atoms with E-state index < -0.39 is 0 Å². The van der Waals surface area contributed by atoms with Crippen molar-refractivity contribution in [1.29, 1.82) is 0 Å². The Morgan fingerprint density at radius 1 is 1.25 bits per heavy atom. The molecule has 0 atom stereocenters. The molecule has 0 bridgehead atoms. The van der Waals surface area contributed by atoms with Crippen LogP contribution >= 0.6 is 0 Å². The van der Waals surface area contributed by atoms with E-state index in [9.17, 15) is 4.39 Å². The van der Waals surface area contributed by atoms with E-state index in [1.54, 1.807) is 12.1 Å². The molecule has 0 unspecified atom stereocenters. The molecule has 3 heteroatoms. The fourth-order valence-electron chi connectivity index (χ4n) is 1.40. The van der Waals surface area contributed by atoms with Crippen LogP contribution < -0.4 is 10.1 Å². The van der Waals surface area contributed by atoms with Crippen LogP contribution in [0.15, 0.2) is 24.3 Å². The molecule has 1 rings (SSSR count). The zero-order chi connectivity index (χ0) is 11.6. The molecule has 90 valence electrons. The lowest BCUT2D eigenvalue weighted by Crippen LogP contribution is -2.16. The Hall–Kier alpha value is -1.09. The monoisotopic (exact) mass is 225 g/mol. The van der Waals surface area contributed by atoms with Crippen LogP contribution in [0.25, 0.3) is 0 Å². The normalized spacial score (nSPS) is 10.4. The SMILES string of the molecule is CCCNCCCCOc1cccc(F)c1. The van der Waals surface area contributed by atoms with E-state index in [1.807, 2.05) is 0 Å². The molecule has 2 nitrogen and oxygen atoms in total. The molecule has 0 fully saturated rings. The van der Waals surface area contributed by atoms with Gasteiger partial charge in [-0.25, -0.2) is 4.39 Å². The minimum Gasteiger partial charge on any atom is -0.493 e. The molecule has 1 aromatic rings. The van der Waals surface area contributed by atoms with E-state index in [-0.39, 0.29) is 5.82 Å². The molecule has 1 N–H and O–H groups in total. The highest BCUT2D eigenvalue weighted by Gasteiger charge is 1.95. The van der Waals surface area contributed by atoms with Gasteiger partial charge in [0.15, 0.2) is 0 Å². The predicted molar refractivity (Wildman–Crippen MR) is 64.3 cm³/mol. The highest BCUT2D eigenvalue weighted by atomic mass is 19.1. The Morgan fingerprint density at radius 3 is 2.88 bits per heavy atom. The third kappa shape index (κ3) is 5.71. The minimum atomic E-state index is -0.248. The first-order valence-corrected chi connectivity index (χ1v) is 5.92. The second-order valence-electron chi connectivity index (χ2n) is 3.76. The Bertz CT molecular complexity index is 291. The van der Waals surface area contributed by atoms with Gasteiger partial charge in [-0.1, -0.05) is 13.0 Å². The molecule has 0 spiro atoms. The summed E-state index contributed by atoms with van der Waals surface area (Å²) in [5.41, 5.74) is 0. The van der Waals surface area contributed by atoms with Gasteiger partial charge in [-0.05, 0) is 44.5 Å². The summed E-state index contributed by atoms with van der Waals surface area (Å²) in [6.07, 6.45) is 3.25. The van der Waals surface area contributed by atoms with Crippen LogP contribution in [0.5, 0.6) is 5.75 Å². The van der Waals surface area contributed by atoms with Crippen molar-refractivity contribution in [3.63, 3.8) is 0 Å². The standard InChI is InChI=1S/C13H20FNO/c1-2-8-15-9-3-4-10-16-13-7-5-6-12(14)11-13/h5-7,11,15H,2-4,8-10H2,1H3. The van der Waals surface area contributed by atoms with Gasteiger partial charge in [-0.2, -0.15) is 0 Å². The smallest absolute Gasteiger partial charge is 0.126 e. The molecule has 0 amide bonds. The molecule has 0 aromatic heterocycles. The maximum Gasteiger partial charge on any atom is 0.126 e. The van der Waals surface area contributed by atoms with Gasteiger partial charge >= 0.3 is 0 Å². The molecular weight excluding hydrogens is 205 g/mol. The lowest BCUT2D eigenvalue weighted by Gasteiger charge is -2.06. The van der Waals surface area contributed by atoms with Gasteiger partial charge in [-0.15, -0.1) is 0 Å². The van der Waals surface area contributed by atoms with E-state index in [0.717, 1.165) is 25.9 Å². The summed E-state index contributed by atoms with van der Waals surface area (Å²) in [5.74, 6) is 0.364. The number of hydrogen-bond donors (Lipinski definition) is 1. The fraction of sp³-hybridized carbons (Fsp3) is 0.538.